The topological polar surface area (TPSA) is 40.9 Å². The molecule has 0 saturated heterocycles. The quantitative estimate of drug-likeness (QED) is 0.283. The maximum atomic E-state index is 10.2. The zero-order valence-corrected chi connectivity index (χ0v) is 7.58. The van der Waals surface area contributed by atoms with Gasteiger partial charge in [0.25, 0.3) is 0 Å². The van der Waals surface area contributed by atoms with Crippen molar-refractivity contribution in [1.82, 2.24) is 0 Å². The average molecular weight is 173 g/mol. The molecule has 0 aliphatic heterocycles. The molecule has 13 heavy (non-hydrogen) atoms. The Morgan fingerprint density at radius 2 is 2.00 bits per heavy atom. The van der Waals surface area contributed by atoms with Crippen LogP contribution in [0, 0.1) is 11.3 Å². The fourth-order valence-electron chi connectivity index (χ4n) is 0.590. The summed E-state index contributed by atoms with van der Waals surface area (Å²) in [7, 11) is 0. The van der Waals surface area contributed by atoms with E-state index < -0.39 is 0 Å². The Morgan fingerprint density at radius 3 is 2.38 bits per heavy atom. The first-order valence-electron chi connectivity index (χ1n) is 3.69. The summed E-state index contributed by atoms with van der Waals surface area (Å²) in [5.41, 5.74) is 1.56. The van der Waals surface area contributed by atoms with Gasteiger partial charge in [-0.1, -0.05) is 30.9 Å². The average Bonchev–Trinajstić information content (AvgIpc) is 2.10. The van der Waals surface area contributed by atoms with Gasteiger partial charge in [-0.15, -0.1) is 0 Å². The molecule has 0 atom stereocenters. The molecule has 2 nitrogen and oxygen atoms in total. The van der Waals surface area contributed by atoms with Crippen LogP contribution >= 0.6 is 0 Å². The highest BCUT2D eigenvalue weighted by Gasteiger charge is 1.90. The molecule has 0 heterocycles. The number of allylic oxidation sites excluding steroid dienone is 6. The third kappa shape index (κ3) is 5.40. The van der Waals surface area contributed by atoms with Crippen LogP contribution in [0.5, 0.6) is 0 Å². The standard InChI is InChI=1S/C11H11NO/c1-9(2)4-5-10(3)6-11(7-12)8-13/h4-6,8H,1,3H2,2H3/b5-4-,11-6+. The summed E-state index contributed by atoms with van der Waals surface area (Å²) in [6.45, 7) is 9.16. The molecule has 0 radical (unpaired) electrons. The van der Waals surface area contributed by atoms with Crippen LogP contribution in [0.4, 0.5) is 0 Å². The lowest BCUT2D eigenvalue weighted by Crippen LogP contribution is -1.80. The van der Waals surface area contributed by atoms with Crippen LogP contribution in [0.3, 0.4) is 0 Å². The summed E-state index contributed by atoms with van der Waals surface area (Å²) >= 11 is 0. The van der Waals surface area contributed by atoms with Crippen LogP contribution in [-0.2, 0) is 4.79 Å². The van der Waals surface area contributed by atoms with E-state index in [-0.39, 0.29) is 5.57 Å². The van der Waals surface area contributed by atoms with Crippen molar-refractivity contribution in [3.05, 3.63) is 48.1 Å². The first kappa shape index (κ1) is 11.1. The van der Waals surface area contributed by atoms with E-state index in [1.807, 2.05) is 6.92 Å². The number of carbonyl (C=O) groups is 1. The van der Waals surface area contributed by atoms with E-state index in [0.29, 0.717) is 11.9 Å². The number of carbonyl (C=O) groups excluding carboxylic acids is 1. The van der Waals surface area contributed by atoms with Crippen molar-refractivity contribution in [1.29, 1.82) is 5.26 Å². The van der Waals surface area contributed by atoms with Crippen molar-refractivity contribution in [2.45, 2.75) is 6.92 Å². The third-order valence-corrected chi connectivity index (χ3v) is 1.18. The molecule has 0 aromatic heterocycles. The molecule has 0 saturated carbocycles. The Hall–Kier alpha value is -1.88. The molecule has 66 valence electrons. The molecule has 0 aliphatic carbocycles. The Bertz CT molecular complexity index is 326. The molecule has 0 unspecified atom stereocenters. The van der Waals surface area contributed by atoms with E-state index in [1.54, 1.807) is 18.2 Å². The summed E-state index contributed by atoms with van der Waals surface area (Å²) in [5.74, 6) is 0. The van der Waals surface area contributed by atoms with Crippen molar-refractivity contribution in [3.63, 3.8) is 0 Å². The van der Waals surface area contributed by atoms with Crippen LogP contribution in [0.25, 0.3) is 0 Å². The van der Waals surface area contributed by atoms with Gasteiger partial charge in [0.2, 0.25) is 0 Å². The van der Waals surface area contributed by atoms with Gasteiger partial charge in [0.1, 0.15) is 6.07 Å². The molecule has 2 heteroatoms. The Morgan fingerprint density at radius 1 is 1.38 bits per heavy atom. The Labute approximate surface area is 78.2 Å². The Balaban J connectivity index is 4.48. The molecule has 0 bridgehead atoms. The van der Waals surface area contributed by atoms with Crippen LogP contribution in [0.1, 0.15) is 6.92 Å². The van der Waals surface area contributed by atoms with E-state index in [4.69, 9.17) is 5.26 Å². The maximum absolute atomic E-state index is 10.2. The molecule has 0 N–H and O–H groups in total. The van der Waals surface area contributed by atoms with Crippen LogP contribution in [-0.4, -0.2) is 6.29 Å². The molecule has 0 aromatic rings. The summed E-state index contributed by atoms with van der Waals surface area (Å²) in [6.07, 6.45) is 5.38. The van der Waals surface area contributed by atoms with Crippen molar-refractivity contribution in [3.8, 4) is 6.07 Å². The number of aldehydes is 1. The monoisotopic (exact) mass is 173 g/mol. The molecule has 0 aliphatic rings. The van der Waals surface area contributed by atoms with E-state index >= 15 is 0 Å². The second-order valence-corrected chi connectivity index (χ2v) is 2.58. The molecule has 0 amide bonds. The fourth-order valence-corrected chi connectivity index (χ4v) is 0.590. The fraction of sp³-hybridized carbons (Fsp3) is 0.0909. The predicted molar refractivity (Wildman–Crippen MR) is 52.9 cm³/mol. The van der Waals surface area contributed by atoms with Crippen LogP contribution < -0.4 is 0 Å². The van der Waals surface area contributed by atoms with Crippen molar-refractivity contribution < 1.29 is 4.79 Å². The van der Waals surface area contributed by atoms with E-state index in [9.17, 15) is 4.79 Å². The molecular weight excluding hydrogens is 162 g/mol. The SMILES string of the molecule is C=C(C)/C=C\C(=C)/C=C(\C#N)C=O. The lowest BCUT2D eigenvalue weighted by molar-refractivity contribution is -0.104. The minimum absolute atomic E-state index is 0.0661. The normalized spacial score (nSPS) is 10.9. The zero-order valence-electron chi connectivity index (χ0n) is 7.58. The lowest BCUT2D eigenvalue weighted by atomic mass is 10.1. The number of nitriles is 1. The van der Waals surface area contributed by atoms with Gasteiger partial charge in [-0.05, 0) is 18.6 Å². The van der Waals surface area contributed by atoms with Gasteiger partial charge in [0, 0.05) is 0 Å². The highest BCUT2D eigenvalue weighted by molar-refractivity contribution is 5.80. The minimum Gasteiger partial charge on any atom is -0.297 e. The highest BCUT2D eigenvalue weighted by atomic mass is 16.1. The van der Waals surface area contributed by atoms with E-state index in [1.165, 1.54) is 6.08 Å². The number of rotatable bonds is 4. The van der Waals surface area contributed by atoms with Gasteiger partial charge >= 0.3 is 0 Å². The van der Waals surface area contributed by atoms with Crippen molar-refractivity contribution in [2.75, 3.05) is 0 Å². The summed E-state index contributed by atoms with van der Waals surface area (Å²) in [6, 6.07) is 1.75. The second kappa shape index (κ2) is 5.73. The van der Waals surface area contributed by atoms with Gasteiger partial charge in [-0.2, -0.15) is 5.26 Å². The first-order valence-corrected chi connectivity index (χ1v) is 3.69. The largest absolute Gasteiger partial charge is 0.297 e. The third-order valence-electron chi connectivity index (χ3n) is 1.18. The van der Waals surface area contributed by atoms with E-state index in [0.717, 1.165) is 5.57 Å². The number of hydrogen-bond donors (Lipinski definition) is 0. The lowest BCUT2D eigenvalue weighted by Gasteiger charge is -1.89. The molecule has 0 fully saturated rings. The number of nitrogens with zero attached hydrogens (tertiary/aromatic N) is 1. The Kier molecular flexibility index (Phi) is 4.90. The van der Waals surface area contributed by atoms with Gasteiger partial charge in [0.05, 0.1) is 5.57 Å². The zero-order chi connectivity index (χ0) is 10.3. The predicted octanol–water partition coefficient (Wildman–Crippen LogP) is 2.32. The van der Waals surface area contributed by atoms with Gasteiger partial charge < -0.3 is 0 Å². The van der Waals surface area contributed by atoms with Crippen LogP contribution in [0.15, 0.2) is 48.1 Å². The first-order chi connectivity index (χ1) is 6.10. The summed E-state index contributed by atoms with van der Waals surface area (Å²) < 4.78 is 0. The molecule has 0 spiro atoms. The van der Waals surface area contributed by atoms with Gasteiger partial charge in [0.15, 0.2) is 6.29 Å². The second-order valence-electron chi connectivity index (χ2n) is 2.58. The molecule has 0 rings (SSSR count). The minimum atomic E-state index is 0.0661. The van der Waals surface area contributed by atoms with Crippen molar-refractivity contribution >= 4 is 6.29 Å². The van der Waals surface area contributed by atoms with Gasteiger partial charge in [-0.3, -0.25) is 4.79 Å². The maximum Gasteiger partial charge on any atom is 0.160 e. The smallest absolute Gasteiger partial charge is 0.160 e. The summed E-state index contributed by atoms with van der Waals surface area (Å²) in [4.78, 5) is 10.2. The number of hydrogen-bond acceptors (Lipinski definition) is 2. The summed E-state index contributed by atoms with van der Waals surface area (Å²) in [5, 5.41) is 8.42. The van der Waals surface area contributed by atoms with E-state index in [2.05, 4.69) is 13.2 Å². The molecule has 0 aromatic carbocycles. The van der Waals surface area contributed by atoms with Crippen LogP contribution in [0.2, 0.25) is 0 Å². The molecular formula is C11H11NO. The highest BCUT2D eigenvalue weighted by Crippen LogP contribution is 2.01. The van der Waals surface area contributed by atoms with Crippen molar-refractivity contribution in [2.24, 2.45) is 0 Å². The van der Waals surface area contributed by atoms with Gasteiger partial charge in [-0.25, -0.2) is 0 Å².